The highest BCUT2D eigenvalue weighted by atomic mass is 16.4. The van der Waals surface area contributed by atoms with Crippen LogP contribution in [0.4, 0.5) is 0 Å². The summed E-state index contributed by atoms with van der Waals surface area (Å²) in [6.45, 7) is 2.87. The highest BCUT2D eigenvalue weighted by Crippen LogP contribution is 2.14. The molecule has 3 rings (SSSR count). The highest BCUT2D eigenvalue weighted by molar-refractivity contribution is 6.58. The zero-order valence-corrected chi connectivity index (χ0v) is 11.9. The molecule has 2 aromatic carbocycles. The minimum atomic E-state index is -1.41. The maximum absolute atomic E-state index is 9.13. The maximum Gasteiger partial charge on any atom is 0.488 e. The Hall–Kier alpha value is -2.17. The highest BCUT2D eigenvalue weighted by Gasteiger charge is 2.13. The van der Waals surface area contributed by atoms with Gasteiger partial charge in [0.15, 0.2) is 12.7 Å². The molecule has 4 heteroatoms. The molecule has 2 N–H and O–H groups in total. The Morgan fingerprint density at radius 2 is 1.67 bits per heavy atom. The number of pyridine rings is 1. The van der Waals surface area contributed by atoms with E-state index in [-0.39, 0.29) is 0 Å². The number of hydrogen-bond donors (Lipinski definition) is 2. The molecule has 0 unspecified atom stereocenters. The number of benzene rings is 2. The van der Waals surface area contributed by atoms with E-state index in [9.17, 15) is 0 Å². The number of para-hydroxylation sites is 1. The molecule has 0 bridgehead atoms. The first kappa shape index (κ1) is 13.8. The molecule has 0 aliphatic heterocycles. The van der Waals surface area contributed by atoms with Crippen molar-refractivity contribution in [3.63, 3.8) is 0 Å². The normalized spacial score (nSPS) is 10.8. The molecule has 0 radical (unpaired) electrons. The summed E-state index contributed by atoms with van der Waals surface area (Å²) in [5.41, 5.74) is 4.11. The lowest BCUT2D eigenvalue weighted by atomic mass is 9.80. The van der Waals surface area contributed by atoms with E-state index in [1.165, 1.54) is 16.5 Å². The number of nitrogens with zero attached hydrogens (tertiary/aromatic N) is 1. The number of aromatic nitrogens is 1. The van der Waals surface area contributed by atoms with Crippen LogP contribution in [0.5, 0.6) is 0 Å². The number of rotatable bonds is 3. The summed E-state index contributed by atoms with van der Waals surface area (Å²) in [5.74, 6) is 0. The smallest absolute Gasteiger partial charge is 0.423 e. The molecule has 0 atom stereocenters. The molecular weight excluding hydrogens is 261 g/mol. The van der Waals surface area contributed by atoms with E-state index in [4.69, 9.17) is 10.0 Å². The molecule has 0 saturated heterocycles. The molecule has 0 spiro atoms. The lowest BCUT2D eigenvalue weighted by molar-refractivity contribution is -0.662. The number of hydrogen-bond acceptors (Lipinski definition) is 2. The molecule has 0 fully saturated rings. The first-order valence-electron chi connectivity index (χ1n) is 6.98. The van der Waals surface area contributed by atoms with Crippen LogP contribution in [0, 0.1) is 6.92 Å². The number of fused-ring (bicyclic) bond motifs is 1. The lowest BCUT2D eigenvalue weighted by Gasteiger charge is -2.05. The van der Waals surface area contributed by atoms with E-state index in [1.54, 1.807) is 12.1 Å². The summed E-state index contributed by atoms with van der Waals surface area (Å²) in [6.07, 6.45) is 2.07. The number of aryl methyl sites for hydroxylation is 1. The van der Waals surface area contributed by atoms with E-state index >= 15 is 0 Å². The zero-order valence-electron chi connectivity index (χ0n) is 11.9. The third-order valence-electron chi connectivity index (χ3n) is 3.73. The SMILES string of the molecule is Cc1cccc2ccc[n+](Cc3ccc(B(O)O)cc3)c12. The third kappa shape index (κ3) is 2.82. The molecule has 1 aromatic heterocycles. The third-order valence-corrected chi connectivity index (χ3v) is 3.73. The van der Waals surface area contributed by atoms with Gasteiger partial charge in [-0.1, -0.05) is 36.4 Å². The molecule has 3 aromatic rings. The van der Waals surface area contributed by atoms with Crippen molar-refractivity contribution in [2.45, 2.75) is 13.5 Å². The second-order valence-corrected chi connectivity index (χ2v) is 5.26. The molecule has 1 heterocycles. The minimum Gasteiger partial charge on any atom is -0.423 e. The van der Waals surface area contributed by atoms with Crippen LogP contribution in [0.2, 0.25) is 0 Å². The summed E-state index contributed by atoms with van der Waals surface area (Å²) >= 11 is 0. The van der Waals surface area contributed by atoms with Crippen LogP contribution in [0.15, 0.2) is 60.8 Å². The Bertz CT molecular complexity index is 764. The topological polar surface area (TPSA) is 44.3 Å². The predicted octanol–water partition coefficient (Wildman–Crippen LogP) is 1.16. The molecule has 21 heavy (non-hydrogen) atoms. The fourth-order valence-electron chi connectivity index (χ4n) is 2.66. The predicted molar refractivity (Wildman–Crippen MR) is 84.2 cm³/mol. The fraction of sp³-hybridized carbons (Fsp3) is 0.118. The monoisotopic (exact) mass is 278 g/mol. The van der Waals surface area contributed by atoms with Gasteiger partial charge in [-0.25, -0.2) is 0 Å². The van der Waals surface area contributed by atoms with Gasteiger partial charge >= 0.3 is 7.12 Å². The van der Waals surface area contributed by atoms with Crippen LogP contribution in [-0.4, -0.2) is 17.2 Å². The molecule has 104 valence electrons. The van der Waals surface area contributed by atoms with Crippen molar-refractivity contribution in [2.75, 3.05) is 0 Å². The van der Waals surface area contributed by atoms with Crippen molar-refractivity contribution in [3.05, 3.63) is 71.9 Å². The van der Waals surface area contributed by atoms with Crippen LogP contribution in [0.1, 0.15) is 11.1 Å². The first-order valence-corrected chi connectivity index (χ1v) is 6.98. The van der Waals surface area contributed by atoms with Crippen molar-refractivity contribution in [1.82, 2.24) is 0 Å². The lowest BCUT2D eigenvalue weighted by Crippen LogP contribution is -2.35. The summed E-state index contributed by atoms with van der Waals surface area (Å²) in [5, 5.41) is 19.5. The Morgan fingerprint density at radius 3 is 2.38 bits per heavy atom. The van der Waals surface area contributed by atoms with E-state index in [1.807, 2.05) is 18.2 Å². The van der Waals surface area contributed by atoms with Crippen LogP contribution >= 0.6 is 0 Å². The Morgan fingerprint density at radius 1 is 0.952 bits per heavy atom. The van der Waals surface area contributed by atoms with Crippen molar-refractivity contribution in [3.8, 4) is 0 Å². The molecule has 0 amide bonds. The second-order valence-electron chi connectivity index (χ2n) is 5.26. The van der Waals surface area contributed by atoms with Gasteiger partial charge < -0.3 is 10.0 Å². The van der Waals surface area contributed by atoms with Gasteiger partial charge in [0.25, 0.3) is 0 Å². The average Bonchev–Trinajstić information content (AvgIpc) is 2.48. The molecule has 0 saturated carbocycles. The quantitative estimate of drug-likeness (QED) is 0.558. The van der Waals surface area contributed by atoms with Crippen LogP contribution < -0.4 is 10.0 Å². The summed E-state index contributed by atoms with van der Waals surface area (Å²) in [6, 6.07) is 17.8. The summed E-state index contributed by atoms with van der Waals surface area (Å²) < 4.78 is 2.22. The van der Waals surface area contributed by atoms with Crippen molar-refractivity contribution >= 4 is 23.5 Å². The van der Waals surface area contributed by atoms with Gasteiger partial charge in [0.2, 0.25) is 5.52 Å². The van der Waals surface area contributed by atoms with Gasteiger partial charge in [-0.05, 0) is 24.5 Å². The maximum atomic E-state index is 9.13. The van der Waals surface area contributed by atoms with Crippen LogP contribution in [-0.2, 0) is 6.54 Å². The van der Waals surface area contributed by atoms with Crippen LogP contribution in [0.25, 0.3) is 10.9 Å². The van der Waals surface area contributed by atoms with Gasteiger partial charge in [-0.2, -0.15) is 4.57 Å². The molecular formula is C17H17BNO2+. The van der Waals surface area contributed by atoms with Gasteiger partial charge in [0, 0.05) is 22.6 Å². The van der Waals surface area contributed by atoms with Gasteiger partial charge in [0.05, 0.1) is 0 Å². The average molecular weight is 278 g/mol. The van der Waals surface area contributed by atoms with Crippen molar-refractivity contribution < 1.29 is 14.6 Å². The standard InChI is InChI=1S/C17H17BNO2/c1-13-4-2-5-15-6-3-11-19(17(13)15)12-14-7-9-16(10-8-14)18(20)21/h2-11,20-21H,12H2,1H3/q+1. The Labute approximate surface area is 124 Å². The molecule has 3 nitrogen and oxygen atoms in total. The van der Waals surface area contributed by atoms with Crippen molar-refractivity contribution in [1.29, 1.82) is 0 Å². The van der Waals surface area contributed by atoms with Gasteiger partial charge in [0.1, 0.15) is 0 Å². The molecule has 0 aliphatic carbocycles. The van der Waals surface area contributed by atoms with Crippen LogP contribution in [0.3, 0.4) is 0 Å². The minimum absolute atomic E-state index is 0.512. The van der Waals surface area contributed by atoms with E-state index in [0.717, 1.165) is 12.1 Å². The first-order chi connectivity index (χ1) is 10.1. The molecule has 0 aliphatic rings. The Kier molecular flexibility index (Phi) is 3.73. The largest absolute Gasteiger partial charge is 0.488 e. The van der Waals surface area contributed by atoms with Gasteiger partial charge in [-0.3, -0.25) is 0 Å². The van der Waals surface area contributed by atoms with E-state index in [0.29, 0.717) is 5.46 Å². The fourth-order valence-corrected chi connectivity index (χ4v) is 2.66. The Balaban J connectivity index is 1.98. The second kappa shape index (κ2) is 5.68. The summed E-state index contributed by atoms with van der Waals surface area (Å²) in [7, 11) is -1.41. The van der Waals surface area contributed by atoms with Crippen molar-refractivity contribution in [2.24, 2.45) is 0 Å². The van der Waals surface area contributed by atoms with E-state index in [2.05, 4.69) is 42.0 Å². The van der Waals surface area contributed by atoms with E-state index < -0.39 is 7.12 Å². The van der Waals surface area contributed by atoms with Gasteiger partial charge in [-0.15, -0.1) is 0 Å². The zero-order chi connectivity index (χ0) is 14.8. The summed E-state index contributed by atoms with van der Waals surface area (Å²) in [4.78, 5) is 0.